The maximum atomic E-state index is 11.7. The van der Waals surface area contributed by atoms with Gasteiger partial charge in [0.25, 0.3) is 0 Å². The van der Waals surface area contributed by atoms with Crippen molar-refractivity contribution >= 4 is 11.8 Å². The largest absolute Gasteiger partial charge is 0.668 e. The minimum Gasteiger partial charge on any atom is -0.668 e. The second kappa shape index (κ2) is 9.51. The van der Waals surface area contributed by atoms with Crippen LogP contribution < -0.4 is 0 Å². The molecule has 0 spiro atoms. The zero-order valence-corrected chi connectivity index (χ0v) is 13.7. The van der Waals surface area contributed by atoms with Gasteiger partial charge in [0.15, 0.2) is 0 Å². The Bertz CT molecular complexity index is 266. The molecule has 1 saturated heterocycles. The Morgan fingerprint density at radius 3 is 2.33 bits per heavy atom. The SMILES string of the molecule is CC1CCN(C(=O)CCOCCC([NH-])=O)CC1.[W]. The second-order valence-corrected chi connectivity index (χ2v) is 4.60. The fourth-order valence-corrected chi connectivity index (χ4v) is 1.84. The van der Waals surface area contributed by atoms with Crippen molar-refractivity contribution < 1.29 is 35.4 Å². The molecule has 1 heterocycles. The number of nitrogens with zero attached hydrogens (tertiary/aromatic N) is 1. The van der Waals surface area contributed by atoms with E-state index >= 15 is 0 Å². The molecule has 1 rings (SSSR count). The van der Waals surface area contributed by atoms with Crippen LogP contribution in [0.2, 0.25) is 0 Å². The first kappa shape index (κ1) is 17.6. The van der Waals surface area contributed by atoms with Crippen molar-refractivity contribution in [3.05, 3.63) is 5.73 Å². The van der Waals surface area contributed by atoms with Gasteiger partial charge in [-0.15, -0.1) is 0 Å². The van der Waals surface area contributed by atoms with Crippen LogP contribution in [0, 0.1) is 5.92 Å². The number of nitrogens with one attached hydrogen (secondary N) is 1. The summed E-state index contributed by atoms with van der Waals surface area (Å²) in [5.74, 6) is 0.230. The standard InChI is InChI=1S/C12H22N2O3.W/c1-10-2-6-14(7-3-10)12(16)5-9-17-8-4-11(13)15;/h10H,2-9H2,1H3,(H2,13,15);/p-1. The number of ether oxygens (including phenoxy) is 1. The molecule has 18 heavy (non-hydrogen) atoms. The maximum absolute atomic E-state index is 11.7. The zero-order valence-electron chi connectivity index (χ0n) is 10.8. The Labute approximate surface area is 123 Å². The van der Waals surface area contributed by atoms with Crippen LogP contribution in [0.3, 0.4) is 0 Å². The van der Waals surface area contributed by atoms with Crippen molar-refractivity contribution in [1.29, 1.82) is 0 Å². The Morgan fingerprint density at radius 2 is 1.78 bits per heavy atom. The third-order valence-corrected chi connectivity index (χ3v) is 3.07. The van der Waals surface area contributed by atoms with Crippen LogP contribution in [0.1, 0.15) is 32.6 Å². The van der Waals surface area contributed by atoms with E-state index in [-0.39, 0.29) is 40.0 Å². The summed E-state index contributed by atoms with van der Waals surface area (Å²) in [6, 6.07) is 0. The Balaban J connectivity index is 0.00000289. The van der Waals surface area contributed by atoms with Crippen LogP contribution in [-0.4, -0.2) is 43.0 Å². The van der Waals surface area contributed by atoms with Crippen molar-refractivity contribution in [2.24, 2.45) is 5.92 Å². The van der Waals surface area contributed by atoms with E-state index in [2.05, 4.69) is 6.92 Å². The van der Waals surface area contributed by atoms with Gasteiger partial charge in [-0.05, 0) is 18.8 Å². The Hall–Kier alpha value is -0.412. The zero-order chi connectivity index (χ0) is 12.7. The smallest absolute Gasteiger partial charge is 0.224 e. The van der Waals surface area contributed by atoms with E-state index in [0.29, 0.717) is 13.0 Å². The molecule has 1 fully saturated rings. The third kappa shape index (κ3) is 7.12. The first-order valence-corrected chi connectivity index (χ1v) is 6.19. The van der Waals surface area contributed by atoms with Gasteiger partial charge in [0, 0.05) is 40.6 Å². The number of hydrogen-bond acceptors (Lipinski definition) is 3. The van der Waals surface area contributed by atoms with Gasteiger partial charge >= 0.3 is 0 Å². The minimum atomic E-state index is -0.624. The fraction of sp³-hybridized carbons (Fsp3) is 0.833. The van der Waals surface area contributed by atoms with Crippen molar-refractivity contribution in [3.63, 3.8) is 0 Å². The van der Waals surface area contributed by atoms with E-state index in [1.807, 2.05) is 4.90 Å². The maximum Gasteiger partial charge on any atom is 0.224 e. The molecule has 0 aromatic heterocycles. The average molecular weight is 425 g/mol. The predicted octanol–water partition coefficient (Wildman–Crippen LogP) is 1.62. The van der Waals surface area contributed by atoms with Crippen molar-refractivity contribution in [2.75, 3.05) is 26.3 Å². The molecular formula is C12H21N2O3W-. The van der Waals surface area contributed by atoms with E-state index in [0.717, 1.165) is 31.8 Å². The summed E-state index contributed by atoms with van der Waals surface area (Å²) in [6.45, 7) is 4.50. The first-order valence-electron chi connectivity index (χ1n) is 6.19. The summed E-state index contributed by atoms with van der Waals surface area (Å²) in [5.41, 5.74) is 6.68. The quantitative estimate of drug-likeness (QED) is 0.608. The molecule has 0 aromatic carbocycles. The van der Waals surface area contributed by atoms with Crippen LogP contribution in [0.5, 0.6) is 0 Å². The molecule has 1 aliphatic heterocycles. The van der Waals surface area contributed by atoms with Crippen molar-refractivity contribution in [1.82, 2.24) is 4.90 Å². The Kier molecular flexibility index (Phi) is 9.29. The van der Waals surface area contributed by atoms with Gasteiger partial charge in [0.05, 0.1) is 25.5 Å². The molecule has 104 valence electrons. The molecule has 0 bridgehead atoms. The van der Waals surface area contributed by atoms with Crippen LogP contribution >= 0.6 is 0 Å². The minimum absolute atomic E-state index is 0. The molecule has 1 N–H and O–H groups in total. The summed E-state index contributed by atoms with van der Waals surface area (Å²) in [7, 11) is 0. The van der Waals surface area contributed by atoms with Gasteiger partial charge in [-0.2, -0.15) is 0 Å². The Morgan fingerprint density at radius 1 is 1.22 bits per heavy atom. The number of carbonyl (C=O) groups excluding carboxylic acids is 2. The van der Waals surface area contributed by atoms with Gasteiger partial charge in [0.2, 0.25) is 5.91 Å². The molecule has 6 heteroatoms. The number of piperidine rings is 1. The number of amides is 2. The summed E-state index contributed by atoms with van der Waals surface area (Å²) in [4.78, 5) is 24.0. The van der Waals surface area contributed by atoms with Crippen molar-refractivity contribution in [2.45, 2.75) is 32.6 Å². The van der Waals surface area contributed by atoms with Gasteiger partial charge in [-0.25, -0.2) is 0 Å². The number of carbonyl (C=O) groups is 2. The van der Waals surface area contributed by atoms with E-state index < -0.39 is 5.91 Å². The van der Waals surface area contributed by atoms with E-state index in [9.17, 15) is 9.59 Å². The van der Waals surface area contributed by atoms with Gasteiger partial charge in [0.1, 0.15) is 0 Å². The van der Waals surface area contributed by atoms with E-state index in [4.69, 9.17) is 10.5 Å². The first-order chi connectivity index (χ1) is 8.09. The third-order valence-electron chi connectivity index (χ3n) is 3.07. The molecule has 0 aromatic rings. The average Bonchev–Trinajstić information content (AvgIpc) is 2.29. The van der Waals surface area contributed by atoms with Crippen LogP contribution in [0.4, 0.5) is 0 Å². The molecular weight excluding hydrogens is 404 g/mol. The summed E-state index contributed by atoms with van der Waals surface area (Å²) >= 11 is 0. The summed E-state index contributed by atoms with van der Waals surface area (Å²) < 4.78 is 5.14. The topological polar surface area (TPSA) is 70.4 Å². The normalized spacial score (nSPS) is 16.2. The molecule has 0 saturated carbocycles. The van der Waals surface area contributed by atoms with Gasteiger partial charge < -0.3 is 20.2 Å². The molecule has 0 radical (unpaired) electrons. The van der Waals surface area contributed by atoms with Gasteiger partial charge in [-0.1, -0.05) is 6.92 Å². The molecule has 0 aliphatic carbocycles. The molecule has 1 aliphatic rings. The second-order valence-electron chi connectivity index (χ2n) is 4.60. The molecule has 0 unspecified atom stereocenters. The number of rotatable bonds is 6. The molecule has 0 atom stereocenters. The number of hydrogen-bond donors (Lipinski definition) is 0. The summed E-state index contributed by atoms with van der Waals surface area (Å²) in [6.07, 6.45) is 2.65. The van der Waals surface area contributed by atoms with Crippen LogP contribution in [-0.2, 0) is 35.4 Å². The number of likely N-dealkylation sites (tertiary alicyclic amines) is 1. The van der Waals surface area contributed by atoms with E-state index in [1.54, 1.807) is 0 Å². The van der Waals surface area contributed by atoms with E-state index in [1.165, 1.54) is 0 Å². The molecule has 5 nitrogen and oxygen atoms in total. The summed E-state index contributed by atoms with van der Waals surface area (Å²) in [5, 5.41) is 0. The van der Waals surface area contributed by atoms with Crippen LogP contribution in [0.15, 0.2) is 0 Å². The predicted molar refractivity (Wildman–Crippen MR) is 64.4 cm³/mol. The molecule has 2 amide bonds. The monoisotopic (exact) mass is 425 g/mol. The van der Waals surface area contributed by atoms with Crippen molar-refractivity contribution in [3.8, 4) is 0 Å². The van der Waals surface area contributed by atoms with Gasteiger partial charge in [-0.3, -0.25) is 4.79 Å². The van der Waals surface area contributed by atoms with Crippen LogP contribution in [0.25, 0.3) is 5.73 Å². The fourth-order valence-electron chi connectivity index (χ4n) is 1.84.